The van der Waals surface area contributed by atoms with E-state index in [2.05, 4.69) is 20.9 Å². The number of anilines is 1. The summed E-state index contributed by atoms with van der Waals surface area (Å²) in [6, 6.07) is 11.4. The number of thioether (sulfide) groups is 1. The molecule has 2 rings (SSSR count). The topological polar surface area (TPSA) is 33.2 Å². The van der Waals surface area contributed by atoms with Crippen LogP contribution in [0, 0.1) is 0 Å². The van der Waals surface area contributed by atoms with Crippen molar-refractivity contribution in [3.63, 3.8) is 0 Å². The van der Waals surface area contributed by atoms with E-state index in [4.69, 9.17) is 11.6 Å². The molecule has 0 saturated carbocycles. The van der Waals surface area contributed by atoms with E-state index in [-0.39, 0.29) is 5.91 Å². The average molecular weight is 400 g/mol. The summed E-state index contributed by atoms with van der Waals surface area (Å²) in [7, 11) is 0. The molecule has 0 unspecified atom stereocenters. The number of halogens is 2. The van der Waals surface area contributed by atoms with Crippen molar-refractivity contribution in [2.45, 2.75) is 12.7 Å². The van der Waals surface area contributed by atoms with Crippen molar-refractivity contribution in [2.24, 2.45) is 0 Å². The number of rotatable bonds is 6. The summed E-state index contributed by atoms with van der Waals surface area (Å²) in [5.74, 6) is 1.96. The van der Waals surface area contributed by atoms with Crippen LogP contribution in [0.4, 0.5) is 5.82 Å². The van der Waals surface area contributed by atoms with Gasteiger partial charge in [-0.2, -0.15) is 0 Å². The number of carbonyl (C=O) groups excluding carboxylic acids is 1. The van der Waals surface area contributed by atoms with Gasteiger partial charge in [-0.25, -0.2) is 4.98 Å². The summed E-state index contributed by atoms with van der Waals surface area (Å²) in [4.78, 5) is 18.3. The van der Waals surface area contributed by atoms with Gasteiger partial charge in [0.2, 0.25) is 5.91 Å². The Labute approximate surface area is 148 Å². The smallest absolute Gasteiger partial charge is 0.238 e. The number of hydrogen-bond donors (Lipinski definition) is 0. The molecule has 0 aliphatic carbocycles. The Morgan fingerprint density at radius 3 is 2.59 bits per heavy atom. The molecule has 0 saturated heterocycles. The van der Waals surface area contributed by atoms with Crippen LogP contribution >= 0.6 is 39.3 Å². The Hall–Kier alpha value is -1.04. The van der Waals surface area contributed by atoms with Crippen molar-refractivity contribution < 1.29 is 4.79 Å². The Kier molecular flexibility index (Phi) is 6.73. The van der Waals surface area contributed by atoms with Gasteiger partial charge in [-0.15, -0.1) is 11.8 Å². The molecule has 2 aromatic rings. The van der Waals surface area contributed by atoms with Gasteiger partial charge in [0.1, 0.15) is 5.82 Å². The monoisotopic (exact) mass is 398 g/mol. The van der Waals surface area contributed by atoms with E-state index in [1.54, 1.807) is 22.9 Å². The van der Waals surface area contributed by atoms with Crippen molar-refractivity contribution in [2.75, 3.05) is 17.2 Å². The van der Waals surface area contributed by atoms with Gasteiger partial charge in [0.05, 0.1) is 5.75 Å². The van der Waals surface area contributed by atoms with Gasteiger partial charge in [-0.05, 0) is 52.7 Å². The zero-order valence-corrected chi connectivity index (χ0v) is 15.3. The quantitative estimate of drug-likeness (QED) is 0.700. The molecule has 1 aromatic carbocycles. The molecule has 0 N–H and O–H groups in total. The number of amides is 1. The number of nitrogens with zero attached hydrogens (tertiary/aromatic N) is 2. The minimum Gasteiger partial charge on any atom is -0.296 e. The van der Waals surface area contributed by atoms with Gasteiger partial charge in [0, 0.05) is 28.0 Å². The van der Waals surface area contributed by atoms with Crippen LogP contribution in [0.2, 0.25) is 5.02 Å². The Balaban J connectivity index is 1.89. The molecular formula is C16H16BrClN2OS. The van der Waals surface area contributed by atoms with E-state index in [0.717, 1.165) is 20.8 Å². The molecule has 0 bridgehead atoms. The molecule has 1 amide bonds. The lowest BCUT2D eigenvalue weighted by molar-refractivity contribution is -0.116. The molecule has 0 spiro atoms. The first-order valence-corrected chi connectivity index (χ1v) is 9.17. The van der Waals surface area contributed by atoms with Crippen molar-refractivity contribution in [1.29, 1.82) is 0 Å². The van der Waals surface area contributed by atoms with Crippen molar-refractivity contribution >= 4 is 51.0 Å². The Morgan fingerprint density at radius 2 is 2.00 bits per heavy atom. The highest BCUT2D eigenvalue weighted by Gasteiger charge is 2.14. The predicted octanol–water partition coefficient (Wildman–Crippen LogP) is 4.78. The third kappa shape index (κ3) is 5.00. The zero-order chi connectivity index (χ0) is 15.9. The van der Waals surface area contributed by atoms with Crippen LogP contribution in [0.3, 0.4) is 0 Å². The molecular weight excluding hydrogens is 384 g/mol. The van der Waals surface area contributed by atoms with Crippen molar-refractivity contribution in [1.82, 2.24) is 4.98 Å². The third-order valence-corrected chi connectivity index (χ3v) is 4.72. The number of carbonyl (C=O) groups is 1. The first-order chi connectivity index (χ1) is 10.6. The Morgan fingerprint density at radius 1 is 1.27 bits per heavy atom. The van der Waals surface area contributed by atoms with E-state index >= 15 is 0 Å². The maximum absolute atomic E-state index is 12.3. The lowest BCUT2D eigenvalue weighted by Gasteiger charge is -2.19. The molecule has 22 heavy (non-hydrogen) atoms. The van der Waals surface area contributed by atoms with Crippen LogP contribution in [0.1, 0.15) is 12.5 Å². The Bertz CT molecular complexity index is 619. The van der Waals surface area contributed by atoms with E-state index in [0.29, 0.717) is 18.1 Å². The van der Waals surface area contributed by atoms with E-state index in [1.165, 1.54) is 0 Å². The van der Waals surface area contributed by atoms with Crippen LogP contribution in [0.5, 0.6) is 0 Å². The van der Waals surface area contributed by atoms with Gasteiger partial charge in [-0.1, -0.05) is 23.7 Å². The fraction of sp³-hybridized carbons (Fsp3) is 0.250. The molecule has 0 aliphatic rings. The van der Waals surface area contributed by atoms with Crippen LogP contribution in [0.15, 0.2) is 47.1 Å². The molecule has 3 nitrogen and oxygen atoms in total. The first-order valence-electron chi connectivity index (χ1n) is 6.84. The van der Waals surface area contributed by atoms with Crippen LogP contribution < -0.4 is 4.90 Å². The number of aromatic nitrogens is 1. The van der Waals surface area contributed by atoms with Crippen LogP contribution in [-0.2, 0) is 10.5 Å². The molecule has 6 heteroatoms. The van der Waals surface area contributed by atoms with Crippen molar-refractivity contribution in [3.8, 4) is 0 Å². The SMILES string of the molecule is CCN(C(=O)CSCc1ccc(Cl)cc1)c1ccc(Br)cn1. The minimum atomic E-state index is 0.0660. The minimum absolute atomic E-state index is 0.0660. The maximum atomic E-state index is 12.3. The summed E-state index contributed by atoms with van der Waals surface area (Å²) in [6.45, 7) is 2.56. The van der Waals surface area contributed by atoms with Gasteiger partial charge in [-0.3, -0.25) is 9.69 Å². The van der Waals surface area contributed by atoms with Crippen LogP contribution in [-0.4, -0.2) is 23.2 Å². The number of pyridine rings is 1. The van der Waals surface area contributed by atoms with Crippen molar-refractivity contribution in [3.05, 3.63) is 57.7 Å². The second-order valence-corrected chi connectivity index (χ2v) is 6.93. The molecule has 1 aromatic heterocycles. The maximum Gasteiger partial charge on any atom is 0.238 e. The normalized spacial score (nSPS) is 10.5. The van der Waals surface area contributed by atoms with E-state index in [1.807, 2.05) is 43.3 Å². The van der Waals surface area contributed by atoms with Gasteiger partial charge in [0.25, 0.3) is 0 Å². The standard InChI is InChI=1S/C16H16BrClN2OS/c1-2-20(15-8-5-13(17)9-19-15)16(21)11-22-10-12-3-6-14(18)7-4-12/h3-9H,2,10-11H2,1H3. The lowest BCUT2D eigenvalue weighted by atomic mass is 10.2. The van der Waals surface area contributed by atoms with Gasteiger partial charge in [0.15, 0.2) is 0 Å². The largest absolute Gasteiger partial charge is 0.296 e. The number of hydrogen-bond acceptors (Lipinski definition) is 3. The highest BCUT2D eigenvalue weighted by atomic mass is 79.9. The molecule has 0 fully saturated rings. The van der Waals surface area contributed by atoms with Crippen LogP contribution in [0.25, 0.3) is 0 Å². The highest BCUT2D eigenvalue weighted by Crippen LogP contribution is 2.18. The fourth-order valence-electron chi connectivity index (χ4n) is 1.91. The van der Waals surface area contributed by atoms with E-state index in [9.17, 15) is 4.79 Å². The molecule has 1 heterocycles. The third-order valence-electron chi connectivity index (χ3n) is 3.01. The molecule has 0 aliphatic heterocycles. The average Bonchev–Trinajstić information content (AvgIpc) is 2.52. The number of benzene rings is 1. The lowest BCUT2D eigenvalue weighted by Crippen LogP contribution is -2.32. The van der Waals surface area contributed by atoms with Gasteiger partial charge >= 0.3 is 0 Å². The summed E-state index contributed by atoms with van der Waals surface area (Å²) in [5, 5.41) is 0.725. The summed E-state index contributed by atoms with van der Waals surface area (Å²) < 4.78 is 0.900. The fourth-order valence-corrected chi connectivity index (χ4v) is 3.13. The summed E-state index contributed by atoms with van der Waals surface area (Å²) >= 11 is 10.8. The molecule has 116 valence electrons. The molecule has 0 atom stereocenters. The van der Waals surface area contributed by atoms with E-state index < -0.39 is 0 Å². The second-order valence-electron chi connectivity index (χ2n) is 4.59. The highest BCUT2D eigenvalue weighted by molar-refractivity contribution is 9.10. The summed E-state index contributed by atoms with van der Waals surface area (Å²) in [6.07, 6.45) is 1.70. The van der Waals surface area contributed by atoms with Gasteiger partial charge < -0.3 is 0 Å². The second kappa shape index (κ2) is 8.56. The predicted molar refractivity (Wildman–Crippen MR) is 97.6 cm³/mol. The molecule has 0 radical (unpaired) electrons. The zero-order valence-electron chi connectivity index (χ0n) is 12.1. The summed E-state index contributed by atoms with van der Waals surface area (Å²) in [5.41, 5.74) is 1.16. The first kappa shape index (κ1) is 17.3.